The summed E-state index contributed by atoms with van der Waals surface area (Å²) in [6.07, 6.45) is -6.00. The Hall–Kier alpha value is -3.97. The van der Waals surface area contributed by atoms with Gasteiger partial charge >= 0.3 is 12.1 Å². The van der Waals surface area contributed by atoms with E-state index in [0.717, 1.165) is 22.3 Å². The summed E-state index contributed by atoms with van der Waals surface area (Å²) in [4.78, 5) is 42.3. The van der Waals surface area contributed by atoms with Crippen molar-refractivity contribution in [3.8, 4) is 11.5 Å². The number of anilines is 2. The van der Waals surface area contributed by atoms with Gasteiger partial charge in [-0.2, -0.15) is 0 Å². The largest absolute Gasteiger partial charge is 0.573 e. The standard InChI is InChI=1S/C25H25ClF3N5O5/c1-31(2)13-17(35)14-34-22(36)20-21(32(3)24(34)37)30-23(33(20)12-15-7-9-16(26)10-8-15)38-18-5-4-6-19(11-18)39-25(27,28)29/h4-11,23,30H,12-14H2,1-3H3. The molecule has 0 amide bonds. The van der Waals surface area contributed by atoms with E-state index >= 15 is 0 Å². The van der Waals surface area contributed by atoms with Crippen molar-refractivity contribution in [3.05, 3.63) is 80.0 Å². The number of hydrogen-bond donors (Lipinski definition) is 1. The summed E-state index contributed by atoms with van der Waals surface area (Å²) in [5.74, 6) is -0.699. The van der Waals surface area contributed by atoms with Crippen molar-refractivity contribution in [2.75, 3.05) is 30.9 Å². The number of carbonyl (C=O) groups is 1. The Morgan fingerprint density at radius 3 is 2.41 bits per heavy atom. The summed E-state index contributed by atoms with van der Waals surface area (Å²) in [5, 5.41) is 3.46. The second-order valence-electron chi connectivity index (χ2n) is 9.10. The Morgan fingerprint density at radius 1 is 1.10 bits per heavy atom. The van der Waals surface area contributed by atoms with Crippen molar-refractivity contribution in [2.24, 2.45) is 7.05 Å². The molecule has 208 valence electrons. The van der Waals surface area contributed by atoms with Crippen LogP contribution in [0.4, 0.5) is 24.7 Å². The first-order valence-electron chi connectivity index (χ1n) is 11.6. The van der Waals surface area contributed by atoms with E-state index in [0.29, 0.717) is 5.02 Å². The zero-order valence-electron chi connectivity index (χ0n) is 21.2. The Balaban J connectivity index is 1.75. The van der Waals surface area contributed by atoms with Crippen LogP contribution in [0, 0.1) is 0 Å². The molecule has 0 bridgehead atoms. The van der Waals surface area contributed by atoms with Crippen molar-refractivity contribution in [2.45, 2.75) is 25.8 Å². The molecule has 1 aromatic heterocycles. The van der Waals surface area contributed by atoms with Gasteiger partial charge in [0.1, 0.15) is 23.0 Å². The van der Waals surface area contributed by atoms with Crippen molar-refractivity contribution in [3.63, 3.8) is 0 Å². The molecule has 0 fully saturated rings. The first-order valence-corrected chi connectivity index (χ1v) is 12.0. The molecule has 0 aliphatic carbocycles. The van der Waals surface area contributed by atoms with Crippen LogP contribution in [-0.4, -0.2) is 53.2 Å². The van der Waals surface area contributed by atoms with Gasteiger partial charge in [-0.05, 0) is 43.9 Å². The quantitative estimate of drug-likeness (QED) is 0.421. The molecule has 1 aliphatic heterocycles. The number of rotatable bonds is 9. The van der Waals surface area contributed by atoms with Crippen molar-refractivity contribution in [1.82, 2.24) is 14.0 Å². The van der Waals surface area contributed by atoms with E-state index in [4.69, 9.17) is 16.3 Å². The first kappa shape index (κ1) is 28.0. The number of Topliss-reactive ketones (excluding diaryl/α,β-unsaturated/α-hetero) is 1. The molecule has 39 heavy (non-hydrogen) atoms. The molecule has 0 saturated heterocycles. The summed E-state index contributed by atoms with van der Waals surface area (Å²) in [6, 6.07) is 11.7. The van der Waals surface area contributed by atoms with E-state index in [1.165, 1.54) is 28.6 Å². The molecule has 0 saturated carbocycles. The number of benzene rings is 2. The van der Waals surface area contributed by atoms with E-state index in [-0.39, 0.29) is 36.1 Å². The third-order valence-electron chi connectivity index (χ3n) is 5.74. The maximum Gasteiger partial charge on any atom is 0.573 e. The monoisotopic (exact) mass is 567 g/mol. The van der Waals surface area contributed by atoms with Gasteiger partial charge in [-0.3, -0.25) is 18.7 Å². The van der Waals surface area contributed by atoms with E-state index in [9.17, 15) is 27.6 Å². The smallest absolute Gasteiger partial charge is 0.452 e. The fourth-order valence-electron chi connectivity index (χ4n) is 4.12. The number of halogens is 4. The number of alkyl halides is 3. The van der Waals surface area contributed by atoms with E-state index in [1.54, 1.807) is 43.3 Å². The lowest BCUT2D eigenvalue weighted by molar-refractivity contribution is -0.274. The highest BCUT2D eigenvalue weighted by Gasteiger charge is 2.37. The number of likely N-dealkylation sites (N-methyl/N-ethyl adjacent to an activating group) is 1. The Bertz CT molecular complexity index is 1490. The van der Waals surface area contributed by atoms with E-state index in [1.807, 2.05) is 0 Å². The SMILES string of the molecule is CN(C)CC(=O)Cn1c(=O)c2c(n(C)c1=O)NC(Oc1cccc(OC(F)(F)F)c1)N2Cc1ccc(Cl)cc1. The summed E-state index contributed by atoms with van der Waals surface area (Å²) in [5.41, 5.74) is -0.661. The van der Waals surface area contributed by atoms with Crippen LogP contribution in [0.2, 0.25) is 5.02 Å². The van der Waals surface area contributed by atoms with Crippen LogP contribution in [0.1, 0.15) is 5.56 Å². The van der Waals surface area contributed by atoms with Gasteiger partial charge in [0, 0.05) is 24.7 Å². The van der Waals surface area contributed by atoms with Crippen molar-refractivity contribution in [1.29, 1.82) is 0 Å². The molecule has 10 nitrogen and oxygen atoms in total. The Labute approximate surface area is 225 Å². The molecule has 3 aromatic rings. The van der Waals surface area contributed by atoms with Crippen LogP contribution in [-0.2, 0) is 24.9 Å². The van der Waals surface area contributed by atoms with Crippen LogP contribution in [0.25, 0.3) is 0 Å². The summed E-state index contributed by atoms with van der Waals surface area (Å²) in [6.45, 7) is -0.310. The molecule has 2 heterocycles. The minimum atomic E-state index is -4.89. The minimum absolute atomic E-state index is 0.00893. The molecule has 2 aromatic carbocycles. The Kier molecular flexibility index (Phi) is 7.93. The summed E-state index contributed by atoms with van der Waals surface area (Å²) in [7, 11) is 4.81. The molecular formula is C25H25ClF3N5O5. The van der Waals surface area contributed by atoms with Gasteiger partial charge < -0.3 is 24.6 Å². The van der Waals surface area contributed by atoms with Crippen molar-refractivity contribution >= 4 is 28.9 Å². The number of fused-ring (bicyclic) bond motifs is 1. The molecular weight excluding hydrogens is 543 g/mol. The van der Waals surface area contributed by atoms with Gasteiger partial charge in [-0.25, -0.2) is 4.79 Å². The highest BCUT2D eigenvalue weighted by molar-refractivity contribution is 6.30. The third-order valence-corrected chi connectivity index (χ3v) is 5.99. The lowest BCUT2D eigenvalue weighted by Crippen LogP contribution is -2.44. The fourth-order valence-corrected chi connectivity index (χ4v) is 4.25. The van der Waals surface area contributed by atoms with E-state index < -0.39 is 36.3 Å². The van der Waals surface area contributed by atoms with Crippen LogP contribution in [0.5, 0.6) is 11.5 Å². The second kappa shape index (κ2) is 11.0. The van der Waals surface area contributed by atoms with Gasteiger partial charge in [0.05, 0.1) is 13.1 Å². The highest BCUT2D eigenvalue weighted by Crippen LogP contribution is 2.34. The minimum Gasteiger partial charge on any atom is -0.452 e. The van der Waals surface area contributed by atoms with Gasteiger partial charge in [0.15, 0.2) is 5.78 Å². The predicted octanol–water partition coefficient (Wildman–Crippen LogP) is 3.02. The van der Waals surface area contributed by atoms with Crippen LogP contribution in [0.3, 0.4) is 0 Å². The van der Waals surface area contributed by atoms with Crippen LogP contribution >= 0.6 is 11.6 Å². The molecule has 1 aliphatic rings. The lowest BCUT2D eigenvalue weighted by atomic mass is 10.2. The molecule has 1 N–H and O–H groups in total. The predicted molar refractivity (Wildman–Crippen MR) is 138 cm³/mol. The van der Waals surface area contributed by atoms with Crippen LogP contribution in [0.15, 0.2) is 58.1 Å². The molecule has 14 heteroatoms. The van der Waals surface area contributed by atoms with E-state index in [2.05, 4.69) is 10.1 Å². The maximum atomic E-state index is 13.6. The summed E-state index contributed by atoms with van der Waals surface area (Å²) >= 11 is 6.01. The zero-order valence-corrected chi connectivity index (χ0v) is 21.9. The average molecular weight is 568 g/mol. The maximum absolute atomic E-state index is 13.6. The molecule has 0 radical (unpaired) electrons. The first-order chi connectivity index (χ1) is 18.3. The normalized spacial score (nSPS) is 14.8. The zero-order chi connectivity index (χ0) is 28.5. The Morgan fingerprint density at radius 2 is 1.77 bits per heavy atom. The highest BCUT2D eigenvalue weighted by atomic mass is 35.5. The van der Waals surface area contributed by atoms with Gasteiger partial charge in [-0.15, -0.1) is 13.2 Å². The number of nitrogens with zero attached hydrogens (tertiary/aromatic N) is 4. The van der Waals surface area contributed by atoms with Crippen molar-refractivity contribution < 1.29 is 27.4 Å². The summed E-state index contributed by atoms with van der Waals surface area (Å²) < 4.78 is 50.1. The molecule has 4 rings (SSSR count). The van der Waals surface area contributed by atoms with Crippen LogP contribution < -0.4 is 30.9 Å². The van der Waals surface area contributed by atoms with Gasteiger partial charge in [0.2, 0.25) is 0 Å². The fraction of sp³-hybridized carbons (Fsp3) is 0.320. The van der Waals surface area contributed by atoms with Gasteiger partial charge in [0.25, 0.3) is 11.9 Å². The third kappa shape index (κ3) is 6.55. The second-order valence-corrected chi connectivity index (χ2v) is 9.53. The molecule has 1 atom stereocenters. The molecule has 1 unspecified atom stereocenters. The van der Waals surface area contributed by atoms with Gasteiger partial charge in [-0.1, -0.05) is 29.8 Å². The number of hydrogen-bond acceptors (Lipinski definition) is 8. The number of ketones is 1. The molecule has 0 spiro atoms. The number of carbonyl (C=O) groups excluding carboxylic acids is 1. The lowest BCUT2D eigenvalue weighted by Gasteiger charge is -2.27. The number of ether oxygens (including phenoxy) is 2. The number of nitrogens with one attached hydrogen (secondary N) is 1. The topological polar surface area (TPSA) is 98.0 Å². The average Bonchev–Trinajstić information content (AvgIpc) is 3.18. The number of aromatic nitrogens is 2.